The van der Waals surface area contributed by atoms with Crippen LogP contribution in [0.1, 0.15) is 18.9 Å². The minimum atomic E-state index is -1.56. The summed E-state index contributed by atoms with van der Waals surface area (Å²) in [7, 11) is 0. The number of rotatable bonds is 7. The molecule has 5 nitrogen and oxygen atoms in total. The number of carboxylic acid groups (broad SMARTS) is 1. The number of anilines is 2. The smallest absolute Gasteiger partial charge is 0.341 e. The number of hydrogen-bond donors (Lipinski definition) is 2. The van der Waals surface area contributed by atoms with E-state index in [0.29, 0.717) is 27.0 Å². The maximum atomic E-state index is 12.4. The quantitative estimate of drug-likeness (QED) is 0.479. The van der Waals surface area contributed by atoms with E-state index in [0.717, 1.165) is 0 Å². The molecule has 0 aliphatic rings. The summed E-state index contributed by atoms with van der Waals surface area (Å²) < 4.78 is 4.82. The standard InChI is InChI=1S/C18H16Cl3NO4/c1-2-18(21,17(25)26-10-15(23)24)11-6-3-4-9-14(11)22-16-12(19)7-5-8-13(16)20/h3-9,22H,2,10H2,1H3,(H,23,24). The lowest BCUT2D eigenvalue weighted by Crippen LogP contribution is -2.33. The number of aliphatic carboxylic acids is 1. The first-order chi connectivity index (χ1) is 12.3. The Kier molecular flexibility index (Phi) is 6.75. The zero-order chi connectivity index (χ0) is 19.3. The monoisotopic (exact) mass is 415 g/mol. The second-order valence-electron chi connectivity index (χ2n) is 5.39. The molecule has 1 atom stereocenters. The number of esters is 1. The average molecular weight is 417 g/mol. The summed E-state index contributed by atoms with van der Waals surface area (Å²) >= 11 is 18.9. The molecule has 0 heterocycles. The average Bonchev–Trinajstić information content (AvgIpc) is 2.62. The van der Waals surface area contributed by atoms with Crippen LogP contribution < -0.4 is 5.32 Å². The minimum absolute atomic E-state index is 0.182. The molecule has 0 aliphatic heterocycles. The van der Waals surface area contributed by atoms with Crippen LogP contribution in [0.25, 0.3) is 0 Å². The topological polar surface area (TPSA) is 75.6 Å². The molecule has 1 unspecified atom stereocenters. The van der Waals surface area contributed by atoms with Crippen LogP contribution in [0.2, 0.25) is 10.0 Å². The molecule has 26 heavy (non-hydrogen) atoms. The molecule has 0 fully saturated rings. The van der Waals surface area contributed by atoms with Crippen LogP contribution in [-0.4, -0.2) is 23.7 Å². The second kappa shape index (κ2) is 8.62. The van der Waals surface area contributed by atoms with Gasteiger partial charge in [0.25, 0.3) is 0 Å². The summed E-state index contributed by atoms with van der Waals surface area (Å²) in [5.41, 5.74) is 1.40. The molecule has 0 bridgehead atoms. The van der Waals surface area contributed by atoms with E-state index in [4.69, 9.17) is 44.6 Å². The second-order valence-corrected chi connectivity index (χ2v) is 6.85. The Morgan fingerprint density at radius 1 is 1.12 bits per heavy atom. The molecular formula is C18H16Cl3NO4. The van der Waals surface area contributed by atoms with E-state index >= 15 is 0 Å². The molecule has 0 aromatic heterocycles. The van der Waals surface area contributed by atoms with E-state index in [1.165, 1.54) is 0 Å². The summed E-state index contributed by atoms with van der Waals surface area (Å²) in [6.07, 6.45) is 0.182. The number of alkyl halides is 1. The van der Waals surface area contributed by atoms with Crippen molar-refractivity contribution in [3.8, 4) is 0 Å². The van der Waals surface area contributed by atoms with Gasteiger partial charge >= 0.3 is 11.9 Å². The summed E-state index contributed by atoms with van der Waals surface area (Å²) in [6.45, 7) is 0.938. The van der Waals surface area contributed by atoms with Crippen molar-refractivity contribution in [2.75, 3.05) is 11.9 Å². The molecule has 2 rings (SSSR count). The van der Waals surface area contributed by atoms with E-state index in [1.54, 1.807) is 49.4 Å². The van der Waals surface area contributed by atoms with Crippen LogP contribution in [-0.2, 0) is 19.2 Å². The summed E-state index contributed by atoms with van der Waals surface area (Å²) in [5, 5.41) is 12.6. The number of halogens is 3. The maximum Gasteiger partial charge on any atom is 0.341 e. The van der Waals surface area contributed by atoms with Gasteiger partial charge in [-0.2, -0.15) is 0 Å². The van der Waals surface area contributed by atoms with Gasteiger partial charge in [0, 0.05) is 11.3 Å². The lowest BCUT2D eigenvalue weighted by Gasteiger charge is -2.26. The van der Waals surface area contributed by atoms with Gasteiger partial charge in [-0.15, -0.1) is 11.6 Å². The normalized spacial score (nSPS) is 12.9. The maximum absolute atomic E-state index is 12.4. The van der Waals surface area contributed by atoms with Crippen molar-refractivity contribution in [2.45, 2.75) is 18.2 Å². The van der Waals surface area contributed by atoms with E-state index in [9.17, 15) is 9.59 Å². The lowest BCUT2D eigenvalue weighted by atomic mass is 9.93. The number of hydrogen-bond acceptors (Lipinski definition) is 4. The van der Waals surface area contributed by atoms with E-state index in [1.807, 2.05) is 0 Å². The molecule has 0 aliphatic carbocycles. The van der Waals surface area contributed by atoms with Crippen LogP contribution in [0.3, 0.4) is 0 Å². The van der Waals surface area contributed by atoms with Crippen molar-refractivity contribution in [3.63, 3.8) is 0 Å². The Bertz CT molecular complexity index is 808. The van der Waals surface area contributed by atoms with Crippen LogP contribution >= 0.6 is 34.8 Å². The predicted octanol–water partition coefficient (Wildman–Crippen LogP) is 5.21. The number of para-hydroxylation sites is 2. The van der Waals surface area contributed by atoms with Crippen LogP contribution in [0, 0.1) is 0 Å². The van der Waals surface area contributed by atoms with Gasteiger partial charge in [0.15, 0.2) is 11.5 Å². The minimum Gasteiger partial charge on any atom is -0.479 e. The van der Waals surface area contributed by atoms with Crippen LogP contribution in [0.5, 0.6) is 0 Å². The molecule has 2 N–H and O–H groups in total. The molecule has 0 radical (unpaired) electrons. The number of carbonyl (C=O) groups is 2. The third-order valence-corrected chi connectivity index (χ3v) is 4.97. The summed E-state index contributed by atoms with van der Waals surface area (Å²) in [6, 6.07) is 11.9. The third-order valence-electron chi connectivity index (χ3n) is 3.71. The fourth-order valence-electron chi connectivity index (χ4n) is 2.38. The van der Waals surface area contributed by atoms with Crippen LogP contribution in [0.4, 0.5) is 11.4 Å². The Labute approximate surface area is 165 Å². The highest BCUT2D eigenvalue weighted by atomic mass is 35.5. The van der Waals surface area contributed by atoms with Gasteiger partial charge < -0.3 is 15.2 Å². The van der Waals surface area contributed by atoms with Crippen molar-refractivity contribution >= 4 is 58.1 Å². The Hall–Kier alpha value is -1.95. The first kappa shape index (κ1) is 20.4. The Morgan fingerprint density at radius 3 is 2.31 bits per heavy atom. The highest BCUT2D eigenvalue weighted by Crippen LogP contribution is 2.41. The van der Waals surface area contributed by atoms with E-state index in [2.05, 4.69) is 5.32 Å². The van der Waals surface area contributed by atoms with E-state index in [-0.39, 0.29) is 6.42 Å². The molecule has 0 saturated heterocycles. The van der Waals surface area contributed by atoms with Gasteiger partial charge in [0.05, 0.1) is 15.7 Å². The first-order valence-electron chi connectivity index (χ1n) is 7.68. The molecule has 2 aromatic rings. The number of benzene rings is 2. The molecule has 2 aromatic carbocycles. The van der Waals surface area contributed by atoms with E-state index < -0.39 is 23.4 Å². The molecule has 0 spiro atoms. The highest BCUT2D eigenvalue weighted by molar-refractivity contribution is 6.39. The fraction of sp³-hybridized carbons (Fsp3) is 0.222. The SMILES string of the molecule is CCC(Cl)(C(=O)OCC(=O)O)c1ccccc1Nc1c(Cl)cccc1Cl. The predicted molar refractivity (Wildman–Crippen MR) is 103 cm³/mol. The molecule has 0 saturated carbocycles. The number of carboxylic acids is 1. The van der Waals surface area contributed by atoms with Gasteiger partial charge in [-0.3, -0.25) is 0 Å². The summed E-state index contributed by atoms with van der Waals surface area (Å²) in [5.74, 6) is -2.11. The number of nitrogens with one attached hydrogen (secondary N) is 1. The molecular weight excluding hydrogens is 401 g/mol. The van der Waals surface area contributed by atoms with Gasteiger partial charge in [0.1, 0.15) is 0 Å². The van der Waals surface area contributed by atoms with Crippen molar-refractivity contribution < 1.29 is 19.4 Å². The molecule has 0 amide bonds. The zero-order valence-corrected chi connectivity index (χ0v) is 16.0. The highest BCUT2D eigenvalue weighted by Gasteiger charge is 2.40. The number of ether oxygens (including phenoxy) is 1. The molecule has 138 valence electrons. The Balaban J connectivity index is 2.43. The summed E-state index contributed by atoms with van der Waals surface area (Å²) in [4.78, 5) is 21.6. The van der Waals surface area contributed by atoms with Crippen LogP contribution in [0.15, 0.2) is 42.5 Å². The fourth-order valence-corrected chi connectivity index (χ4v) is 3.09. The van der Waals surface area contributed by atoms with Crippen molar-refractivity contribution in [3.05, 3.63) is 58.1 Å². The third kappa shape index (κ3) is 4.41. The molecule has 8 heteroatoms. The van der Waals surface area contributed by atoms with Crippen molar-refractivity contribution in [1.82, 2.24) is 0 Å². The van der Waals surface area contributed by atoms with Gasteiger partial charge in [-0.1, -0.05) is 54.4 Å². The Morgan fingerprint density at radius 2 is 1.73 bits per heavy atom. The van der Waals surface area contributed by atoms with Gasteiger partial charge in [-0.05, 0) is 24.6 Å². The zero-order valence-electron chi connectivity index (χ0n) is 13.8. The number of carbonyl (C=O) groups excluding carboxylic acids is 1. The van der Waals surface area contributed by atoms with Crippen molar-refractivity contribution in [2.24, 2.45) is 0 Å². The van der Waals surface area contributed by atoms with Gasteiger partial charge in [0.2, 0.25) is 0 Å². The first-order valence-corrected chi connectivity index (χ1v) is 8.81. The van der Waals surface area contributed by atoms with Crippen molar-refractivity contribution in [1.29, 1.82) is 0 Å². The lowest BCUT2D eigenvalue weighted by molar-refractivity contribution is -0.157. The largest absolute Gasteiger partial charge is 0.479 e. The van der Waals surface area contributed by atoms with Gasteiger partial charge in [-0.25, -0.2) is 9.59 Å².